The maximum Gasteiger partial charge on any atom is 0.243 e. The normalized spacial score (nSPS) is 24.8. The Morgan fingerprint density at radius 2 is 1.77 bits per heavy atom. The van der Waals surface area contributed by atoms with Gasteiger partial charge in [-0.1, -0.05) is 12.1 Å². The second kappa shape index (κ2) is 5.32. The van der Waals surface area contributed by atoms with Crippen LogP contribution in [0.4, 0.5) is 0 Å². The summed E-state index contributed by atoms with van der Waals surface area (Å²) in [7, 11) is -6.77. The molecule has 1 saturated carbocycles. The monoisotopic (exact) mass is 343 g/mol. The molecule has 1 heterocycles. The van der Waals surface area contributed by atoms with Gasteiger partial charge in [-0.25, -0.2) is 16.8 Å². The Labute approximate surface area is 132 Å². The first-order chi connectivity index (χ1) is 10.2. The molecule has 2 aliphatic rings. The summed E-state index contributed by atoms with van der Waals surface area (Å²) in [6.07, 6.45) is 2.05. The highest BCUT2D eigenvalue weighted by Gasteiger charge is 2.46. The van der Waals surface area contributed by atoms with Crippen molar-refractivity contribution in [1.82, 2.24) is 4.31 Å². The van der Waals surface area contributed by atoms with Crippen molar-refractivity contribution < 1.29 is 16.8 Å². The van der Waals surface area contributed by atoms with Gasteiger partial charge in [0.1, 0.15) is 0 Å². The molecule has 0 N–H and O–H groups in total. The molecule has 7 heteroatoms. The third kappa shape index (κ3) is 2.94. The third-order valence-electron chi connectivity index (χ3n) is 4.37. The van der Waals surface area contributed by atoms with E-state index in [1.807, 2.05) is 13.0 Å². The Kier molecular flexibility index (Phi) is 3.86. The molecular formula is C15H21NO4S2. The van der Waals surface area contributed by atoms with Gasteiger partial charge < -0.3 is 0 Å². The molecule has 0 aromatic heterocycles. The molecule has 1 aromatic rings. The van der Waals surface area contributed by atoms with Crippen molar-refractivity contribution in [1.29, 1.82) is 0 Å². The maximum atomic E-state index is 13.1. The predicted molar refractivity (Wildman–Crippen MR) is 85.0 cm³/mol. The summed E-state index contributed by atoms with van der Waals surface area (Å²) in [6, 6.07) is 4.92. The van der Waals surface area contributed by atoms with E-state index >= 15 is 0 Å². The number of sulfone groups is 1. The van der Waals surface area contributed by atoms with Crippen LogP contribution in [0, 0.1) is 13.8 Å². The smallest absolute Gasteiger partial charge is 0.229 e. The van der Waals surface area contributed by atoms with Gasteiger partial charge in [0.15, 0.2) is 9.84 Å². The van der Waals surface area contributed by atoms with E-state index in [4.69, 9.17) is 0 Å². The second-order valence-corrected chi connectivity index (χ2v) is 10.4. The summed E-state index contributed by atoms with van der Waals surface area (Å²) in [5.74, 6) is 0.0385. The number of sulfonamides is 1. The van der Waals surface area contributed by atoms with Crippen LogP contribution in [0.15, 0.2) is 23.1 Å². The molecule has 0 spiro atoms. The maximum absolute atomic E-state index is 13.1. The Morgan fingerprint density at radius 1 is 1.09 bits per heavy atom. The number of aryl methyl sites for hydroxylation is 2. The molecule has 2 fully saturated rings. The van der Waals surface area contributed by atoms with Gasteiger partial charge in [-0.15, -0.1) is 0 Å². The van der Waals surface area contributed by atoms with Crippen LogP contribution in [0.1, 0.15) is 30.4 Å². The first-order valence-electron chi connectivity index (χ1n) is 7.52. The highest BCUT2D eigenvalue weighted by Crippen LogP contribution is 2.37. The molecule has 1 atom stereocenters. The van der Waals surface area contributed by atoms with E-state index in [0.717, 1.165) is 18.4 Å². The number of hydrogen-bond donors (Lipinski definition) is 0. The van der Waals surface area contributed by atoms with E-state index < -0.39 is 25.9 Å². The molecule has 1 saturated heterocycles. The van der Waals surface area contributed by atoms with Gasteiger partial charge in [0.25, 0.3) is 0 Å². The number of benzene rings is 1. The van der Waals surface area contributed by atoms with Crippen molar-refractivity contribution >= 4 is 19.9 Å². The molecule has 5 nitrogen and oxygen atoms in total. The lowest BCUT2D eigenvalue weighted by molar-refractivity contribution is 0.332. The zero-order valence-electron chi connectivity index (χ0n) is 12.8. The Bertz CT molecular complexity index is 795. The van der Waals surface area contributed by atoms with E-state index in [9.17, 15) is 16.8 Å². The quantitative estimate of drug-likeness (QED) is 0.833. The first-order valence-corrected chi connectivity index (χ1v) is 10.8. The van der Waals surface area contributed by atoms with Crippen LogP contribution in [0.3, 0.4) is 0 Å². The lowest BCUT2D eigenvalue weighted by Crippen LogP contribution is -2.42. The molecule has 0 unspecified atom stereocenters. The van der Waals surface area contributed by atoms with Gasteiger partial charge >= 0.3 is 0 Å². The van der Waals surface area contributed by atoms with Gasteiger partial charge in [0.2, 0.25) is 10.0 Å². The Balaban J connectivity index is 2.02. The van der Waals surface area contributed by atoms with Crippen molar-refractivity contribution in [3.8, 4) is 0 Å². The van der Waals surface area contributed by atoms with Crippen LogP contribution in [-0.2, 0) is 19.9 Å². The average Bonchev–Trinajstić information content (AvgIpc) is 3.16. The molecule has 1 aliphatic carbocycles. The van der Waals surface area contributed by atoms with E-state index in [1.165, 1.54) is 4.31 Å². The van der Waals surface area contributed by atoms with Crippen molar-refractivity contribution in [2.24, 2.45) is 0 Å². The summed E-state index contributed by atoms with van der Waals surface area (Å²) in [6.45, 7) is 3.64. The minimum Gasteiger partial charge on any atom is -0.229 e. The number of nitrogens with zero attached hydrogens (tertiary/aromatic N) is 1. The highest BCUT2D eigenvalue weighted by atomic mass is 32.2. The first kappa shape index (κ1) is 16.0. The Hall–Kier alpha value is -0.920. The SMILES string of the molecule is Cc1ccc(C)c(S(=O)(=O)N(C2CC2)[C@H]2CCS(=O)(=O)C2)c1. The molecule has 0 radical (unpaired) electrons. The lowest BCUT2D eigenvalue weighted by atomic mass is 10.2. The van der Waals surface area contributed by atoms with Crippen LogP contribution >= 0.6 is 0 Å². The van der Waals surface area contributed by atoms with Gasteiger partial charge in [-0.3, -0.25) is 0 Å². The summed E-state index contributed by atoms with van der Waals surface area (Å²) < 4.78 is 51.2. The summed E-state index contributed by atoms with van der Waals surface area (Å²) in [5.41, 5.74) is 1.59. The molecule has 0 bridgehead atoms. The van der Waals surface area contributed by atoms with Crippen molar-refractivity contribution in [2.75, 3.05) is 11.5 Å². The Morgan fingerprint density at radius 3 is 2.32 bits per heavy atom. The zero-order valence-corrected chi connectivity index (χ0v) is 14.5. The van der Waals surface area contributed by atoms with Crippen molar-refractivity contribution in [3.63, 3.8) is 0 Å². The molecule has 1 aliphatic heterocycles. The van der Waals surface area contributed by atoms with E-state index in [2.05, 4.69) is 0 Å². The predicted octanol–water partition coefficient (Wildman–Crippen LogP) is 1.64. The van der Waals surface area contributed by atoms with Crippen LogP contribution in [0.2, 0.25) is 0 Å². The molecule has 22 heavy (non-hydrogen) atoms. The summed E-state index contributed by atoms with van der Waals surface area (Å²) in [5, 5.41) is 0. The third-order valence-corrected chi connectivity index (χ3v) is 8.27. The van der Waals surface area contributed by atoms with E-state index in [1.54, 1.807) is 19.1 Å². The van der Waals surface area contributed by atoms with E-state index in [-0.39, 0.29) is 17.5 Å². The van der Waals surface area contributed by atoms with Gasteiger partial charge in [-0.2, -0.15) is 4.31 Å². The number of rotatable bonds is 4. The molecule has 122 valence electrons. The van der Waals surface area contributed by atoms with Crippen molar-refractivity contribution in [2.45, 2.75) is 50.1 Å². The highest BCUT2D eigenvalue weighted by molar-refractivity contribution is 7.92. The van der Waals surface area contributed by atoms with Crippen LogP contribution in [0.5, 0.6) is 0 Å². The van der Waals surface area contributed by atoms with E-state index in [0.29, 0.717) is 16.9 Å². The van der Waals surface area contributed by atoms with Gasteiger partial charge in [0, 0.05) is 12.1 Å². The fourth-order valence-electron chi connectivity index (χ4n) is 3.09. The minimum absolute atomic E-state index is 0.0387. The fraction of sp³-hybridized carbons (Fsp3) is 0.600. The zero-order chi connectivity index (χ0) is 16.1. The molecule has 1 aromatic carbocycles. The number of hydrogen-bond acceptors (Lipinski definition) is 4. The van der Waals surface area contributed by atoms with Gasteiger partial charge in [0.05, 0.1) is 16.4 Å². The molecular weight excluding hydrogens is 322 g/mol. The lowest BCUT2D eigenvalue weighted by Gasteiger charge is -2.28. The van der Waals surface area contributed by atoms with Crippen LogP contribution in [0.25, 0.3) is 0 Å². The average molecular weight is 343 g/mol. The fourth-order valence-corrected chi connectivity index (χ4v) is 7.11. The summed E-state index contributed by atoms with van der Waals surface area (Å²) in [4.78, 5) is 0.309. The van der Waals surface area contributed by atoms with Gasteiger partial charge in [-0.05, 0) is 50.3 Å². The van der Waals surface area contributed by atoms with Crippen LogP contribution in [-0.4, -0.2) is 44.7 Å². The second-order valence-electron chi connectivity index (χ2n) is 6.39. The van der Waals surface area contributed by atoms with Crippen molar-refractivity contribution in [3.05, 3.63) is 29.3 Å². The van der Waals surface area contributed by atoms with Crippen LogP contribution < -0.4 is 0 Å². The standard InChI is InChI=1S/C15H21NO4S2/c1-11-3-4-12(2)15(9-11)22(19,20)16(13-5-6-13)14-7-8-21(17,18)10-14/h3-4,9,13-14H,5-8,10H2,1-2H3/t14-/m0/s1. The topological polar surface area (TPSA) is 71.5 Å². The largest absolute Gasteiger partial charge is 0.243 e. The molecule has 3 rings (SSSR count). The minimum atomic E-state index is -3.66. The summed E-state index contributed by atoms with van der Waals surface area (Å²) >= 11 is 0. The molecule has 0 amide bonds.